The van der Waals surface area contributed by atoms with E-state index in [0.29, 0.717) is 17.8 Å². The molecule has 3 rings (SSSR count). The van der Waals surface area contributed by atoms with Crippen LogP contribution < -0.4 is 5.32 Å². The minimum atomic E-state index is -0.154. The van der Waals surface area contributed by atoms with Gasteiger partial charge in [0.25, 0.3) is 5.91 Å². The summed E-state index contributed by atoms with van der Waals surface area (Å²) >= 11 is 0. The molecule has 1 unspecified atom stereocenters. The Morgan fingerprint density at radius 2 is 2.56 bits per heavy atom. The highest BCUT2D eigenvalue weighted by Gasteiger charge is 2.18. The van der Waals surface area contributed by atoms with Crippen LogP contribution in [0.1, 0.15) is 23.2 Å². The molecule has 0 saturated carbocycles. The second kappa shape index (κ2) is 4.73. The van der Waals surface area contributed by atoms with Gasteiger partial charge in [-0.05, 0) is 18.9 Å². The van der Waals surface area contributed by atoms with Crippen LogP contribution in [0.4, 0.5) is 0 Å². The third-order valence-corrected chi connectivity index (χ3v) is 3.04. The number of amides is 1. The maximum atomic E-state index is 12.0. The molecule has 1 saturated heterocycles. The van der Waals surface area contributed by atoms with Crippen LogP contribution in [0.3, 0.4) is 0 Å². The Kier molecular flexibility index (Phi) is 2.93. The first-order chi connectivity index (χ1) is 8.84. The molecule has 2 aromatic rings. The Labute approximate surface area is 104 Å². The van der Waals surface area contributed by atoms with Gasteiger partial charge in [0.1, 0.15) is 5.56 Å². The van der Waals surface area contributed by atoms with E-state index in [4.69, 9.17) is 4.74 Å². The van der Waals surface area contributed by atoms with Crippen molar-refractivity contribution in [1.82, 2.24) is 19.9 Å². The lowest BCUT2D eigenvalue weighted by atomic mass is 10.2. The van der Waals surface area contributed by atoms with E-state index in [9.17, 15) is 4.79 Å². The van der Waals surface area contributed by atoms with Crippen molar-refractivity contribution in [2.45, 2.75) is 18.9 Å². The van der Waals surface area contributed by atoms with Gasteiger partial charge in [-0.1, -0.05) is 0 Å². The van der Waals surface area contributed by atoms with Gasteiger partial charge >= 0.3 is 0 Å². The standard InChI is InChI=1S/C12H14N4O2/c17-12(14-7-9-3-1-6-18-9)10-8-15-16-5-2-4-13-11(10)16/h2,4-5,8-9H,1,3,6-7H2,(H,14,17). The fourth-order valence-electron chi connectivity index (χ4n) is 2.09. The zero-order valence-electron chi connectivity index (χ0n) is 9.87. The molecule has 0 spiro atoms. The van der Waals surface area contributed by atoms with E-state index in [1.54, 1.807) is 23.0 Å². The molecule has 6 nitrogen and oxygen atoms in total. The number of hydrogen-bond acceptors (Lipinski definition) is 4. The molecular formula is C12H14N4O2. The van der Waals surface area contributed by atoms with Crippen LogP contribution in [0.15, 0.2) is 24.7 Å². The summed E-state index contributed by atoms with van der Waals surface area (Å²) in [7, 11) is 0. The van der Waals surface area contributed by atoms with E-state index in [2.05, 4.69) is 15.4 Å². The Morgan fingerprint density at radius 3 is 3.39 bits per heavy atom. The highest BCUT2D eigenvalue weighted by molar-refractivity contribution is 5.99. The molecule has 2 aromatic heterocycles. The number of carbonyl (C=O) groups excluding carboxylic acids is 1. The van der Waals surface area contributed by atoms with Crippen molar-refractivity contribution in [1.29, 1.82) is 0 Å². The number of fused-ring (bicyclic) bond motifs is 1. The van der Waals surface area contributed by atoms with Gasteiger partial charge in [-0.15, -0.1) is 0 Å². The molecule has 1 aliphatic rings. The van der Waals surface area contributed by atoms with Crippen molar-refractivity contribution in [3.8, 4) is 0 Å². The number of nitrogens with one attached hydrogen (secondary N) is 1. The molecule has 1 amide bonds. The van der Waals surface area contributed by atoms with Crippen molar-refractivity contribution >= 4 is 11.6 Å². The second-order valence-corrected chi connectivity index (χ2v) is 4.29. The molecule has 1 N–H and O–H groups in total. The molecule has 1 fully saturated rings. The summed E-state index contributed by atoms with van der Waals surface area (Å²) in [5.74, 6) is -0.154. The Bertz CT molecular complexity index is 560. The van der Waals surface area contributed by atoms with Crippen LogP contribution in [0.2, 0.25) is 0 Å². The minimum Gasteiger partial charge on any atom is -0.376 e. The van der Waals surface area contributed by atoms with Crippen molar-refractivity contribution in [2.24, 2.45) is 0 Å². The minimum absolute atomic E-state index is 0.142. The van der Waals surface area contributed by atoms with Crippen LogP contribution >= 0.6 is 0 Å². The van der Waals surface area contributed by atoms with Gasteiger partial charge in [0.05, 0.1) is 12.3 Å². The predicted octanol–water partition coefficient (Wildman–Crippen LogP) is 0.638. The number of aromatic nitrogens is 3. The normalized spacial score (nSPS) is 19.2. The third kappa shape index (κ3) is 2.06. The predicted molar refractivity (Wildman–Crippen MR) is 64.3 cm³/mol. The molecular weight excluding hydrogens is 232 g/mol. The molecule has 94 valence electrons. The smallest absolute Gasteiger partial charge is 0.256 e. The van der Waals surface area contributed by atoms with E-state index in [0.717, 1.165) is 19.4 Å². The molecule has 0 aliphatic carbocycles. The SMILES string of the molecule is O=C(NCC1CCCO1)c1cnn2cccnc12. The zero-order chi connectivity index (χ0) is 12.4. The van der Waals surface area contributed by atoms with E-state index in [1.807, 2.05) is 0 Å². The molecule has 0 aromatic carbocycles. The van der Waals surface area contributed by atoms with Gasteiger partial charge in [0, 0.05) is 25.5 Å². The summed E-state index contributed by atoms with van der Waals surface area (Å²) in [6, 6.07) is 1.77. The summed E-state index contributed by atoms with van der Waals surface area (Å²) in [5, 5.41) is 6.94. The number of ether oxygens (including phenoxy) is 1. The molecule has 0 radical (unpaired) electrons. The number of nitrogens with zero attached hydrogens (tertiary/aromatic N) is 3. The number of hydrogen-bond donors (Lipinski definition) is 1. The second-order valence-electron chi connectivity index (χ2n) is 4.29. The highest BCUT2D eigenvalue weighted by Crippen LogP contribution is 2.11. The van der Waals surface area contributed by atoms with Crippen molar-refractivity contribution in [3.05, 3.63) is 30.2 Å². The fraction of sp³-hybridized carbons (Fsp3) is 0.417. The van der Waals surface area contributed by atoms with Gasteiger partial charge in [0.2, 0.25) is 0 Å². The summed E-state index contributed by atoms with van der Waals surface area (Å²) in [5.41, 5.74) is 1.07. The first-order valence-corrected chi connectivity index (χ1v) is 6.03. The van der Waals surface area contributed by atoms with Gasteiger partial charge in [0.15, 0.2) is 5.65 Å². The van der Waals surface area contributed by atoms with Crippen molar-refractivity contribution < 1.29 is 9.53 Å². The first kappa shape index (κ1) is 11.2. The lowest BCUT2D eigenvalue weighted by Gasteiger charge is -2.09. The van der Waals surface area contributed by atoms with Gasteiger partial charge < -0.3 is 10.1 Å². The van der Waals surface area contributed by atoms with E-state index >= 15 is 0 Å². The molecule has 1 atom stereocenters. The third-order valence-electron chi connectivity index (χ3n) is 3.04. The topological polar surface area (TPSA) is 68.5 Å². The molecule has 6 heteroatoms. The molecule has 1 aliphatic heterocycles. The van der Waals surface area contributed by atoms with Gasteiger partial charge in [-0.3, -0.25) is 4.79 Å². The van der Waals surface area contributed by atoms with Crippen molar-refractivity contribution in [3.63, 3.8) is 0 Å². The summed E-state index contributed by atoms with van der Waals surface area (Å²) in [4.78, 5) is 16.2. The largest absolute Gasteiger partial charge is 0.376 e. The van der Waals surface area contributed by atoms with Crippen LogP contribution in [0.5, 0.6) is 0 Å². The number of rotatable bonds is 3. The van der Waals surface area contributed by atoms with E-state index in [-0.39, 0.29) is 12.0 Å². The van der Waals surface area contributed by atoms with Crippen LogP contribution in [-0.4, -0.2) is 39.8 Å². The van der Waals surface area contributed by atoms with Gasteiger partial charge in [-0.2, -0.15) is 5.10 Å². The average molecular weight is 246 g/mol. The Hall–Kier alpha value is -1.95. The number of carbonyl (C=O) groups is 1. The molecule has 3 heterocycles. The molecule has 18 heavy (non-hydrogen) atoms. The van der Waals surface area contributed by atoms with E-state index in [1.165, 1.54) is 6.20 Å². The van der Waals surface area contributed by atoms with E-state index < -0.39 is 0 Å². The van der Waals surface area contributed by atoms with Gasteiger partial charge in [-0.25, -0.2) is 9.50 Å². The highest BCUT2D eigenvalue weighted by atomic mass is 16.5. The summed E-state index contributed by atoms with van der Waals surface area (Å²) < 4.78 is 7.04. The monoisotopic (exact) mass is 246 g/mol. The maximum absolute atomic E-state index is 12.0. The van der Waals surface area contributed by atoms with Crippen LogP contribution in [0, 0.1) is 0 Å². The Balaban J connectivity index is 1.71. The first-order valence-electron chi connectivity index (χ1n) is 6.03. The maximum Gasteiger partial charge on any atom is 0.256 e. The molecule has 0 bridgehead atoms. The Morgan fingerprint density at radius 1 is 1.61 bits per heavy atom. The fourth-order valence-corrected chi connectivity index (χ4v) is 2.09. The average Bonchev–Trinajstić information content (AvgIpc) is 3.05. The summed E-state index contributed by atoms with van der Waals surface area (Å²) in [6.45, 7) is 1.34. The van der Waals surface area contributed by atoms with Crippen molar-refractivity contribution in [2.75, 3.05) is 13.2 Å². The van der Waals surface area contributed by atoms with Crippen LogP contribution in [-0.2, 0) is 4.74 Å². The quantitative estimate of drug-likeness (QED) is 0.862. The summed E-state index contributed by atoms with van der Waals surface area (Å²) in [6.07, 6.45) is 7.16. The van der Waals surface area contributed by atoms with Crippen LogP contribution in [0.25, 0.3) is 5.65 Å². The zero-order valence-corrected chi connectivity index (χ0v) is 9.87. The lowest BCUT2D eigenvalue weighted by Crippen LogP contribution is -2.31. The lowest BCUT2D eigenvalue weighted by molar-refractivity contribution is 0.0859.